The first-order chi connectivity index (χ1) is 10.9. The van der Waals surface area contributed by atoms with E-state index in [2.05, 4.69) is 58.5 Å². The van der Waals surface area contributed by atoms with E-state index in [1.54, 1.807) is 0 Å². The molecule has 0 saturated heterocycles. The number of rotatable bonds is 1. The van der Waals surface area contributed by atoms with Gasteiger partial charge in [0.25, 0.3) is 0 Å². The molecule has 0 radical (unpaired) electrons. The minimum absolute atomic E-state index is 0.904. The maximum absolute atomic E-state index is 4.82. The maximum Gasteiger partial charge on any atom is 0.138 e. The molecular formula is C19H13N3. The molecule has 0 aliphatic rings. The smallest absolute Gasteiger partial charge is 0.138 e. The minimum atomic E-state index is 0.904. The molecule has 0 aliphatic heterocycles. The lowest BCUT2D eigenvalue weighted by Crippen LogP contribution is -1.78. The quantitative estimate of drug-likeness (QED) is 0.453. The van der Waals surface area contributed by atoms with Gasteiger partial charge in [0.15, 0.2) is 0 Å². The normalized spacial score (nSPS) is 11.6. The highest BCUT2D eigenvalue weighted by molar-refractivity contribution is 6.15. The molecule has 3 heteroatoms. The van der Waals surface area contributed by atoms with Gasteiger partial charge >= 0.3 is 0 Å². The Hall–Kier alpha value is -3.07. The number of H-pyrrole nitrogens is 2. The van der Waals surface area contributed by atoms with Crippen molar-refractivity contribution in [1.82, 2.24) is 15.0 Å². The third-order valence-electron chi connectivity index (χ3n) is 4.18. The third kappa shape index (κ3) is 1.53. The monoisotopic (exact) mass is 283 g/mol. The molecule has 0 unspecified atom stereocenters. The molecule has 0 aliphatic carbocycles. The Morgan fingerprint density at radius 1 is 0.636 bits per heavy atom. The predicted octanol–water partition coefficient (Wildman–Crippen LogP) is 4.86. The summed E-state index contributed by atoms with van der Waals surface area (Å²) in [4.78, 5) is 11.7. The van der Waals surface area contributed by atoms with Crippen LogP contribution in [-0.2, 0) is 0 Å². The number of nitrogens with zero attached hydrogens (tertiary/aromatic N) is 1. The molecule has 0 amide bonds. The Balaban J connectivity index is 1.87. The molecule has 0 fully saturated rings. The first kappa shape index (κ1) is 11.6. The zero-order valence-corrected chi connectivity index (χ0v) is 11.8. The van der Waals surface area contributed by atoms with E-state index in [-0.39, 0.29) is 0 Å². The van der Waals surface area contributed by atoms with Gasteiger partial charge in [0, 0.05) is 21.9 Å². The fourth-order valence-electron chi connectivity index (χ4n) is 3.12. The molecule has 22 heavy (non-hydrogen) atoms. The van der Waals surface area contributed by atoms with Crippen molar-refractivity contribution in [1.29, 1.82) is 0 Å². The summed E-state index contributed by atoms with van der Waals surface area (Å²) in [6.07, 6.45) is 0. The molecule has 5 aromatic rings. The van der Waals surface area contributed by atoms with Gasteiger partial charge in [-0.05, 0) is 18.2 Å². The first-order valence-electron chi connectivity index (χ1n) is 7.35. The number of nitrogens with one attached hydrogen (secondary N) is 2. The van der Waals surface area contributed by atoms with Gasteiger partial charge in [0.1, 0.15) is 11.3 Å². The molecular weight excluding hydrogens is 270 g/mol. The fourth-order valence-corrected chi connectivity index (χ4v) is 3.12. The van der Waals surface area contributed by atoms with Crippen molar-refractivity contribution in [2.75, 3.05) is 0 Å². The van der Waals surface area contributed by atoms with Gasteiger partial charge in [0.05, 0.1) is 11.0 Å². The van der Waals surface area contributed by atoms with E-state index in [4.69, 9.17) is 4.98 Å². The molecule has 5 rings (SSSR count). The van der Waals surface area contributed by atoms with Crippen molar-refractivity contribution in [2.45, 2.75) is 0 Å². The number of hydrogen-bond donors (Lipinski definition) is 2. The topological polar surface area (TPSA) is 44.5 Å². The molecule has 2 aromatic heterocycles. The van der Waals surface area contributed by atoms with Crippen LogP contribution in [-0.4, -0.2) is 15.0 Å². The summed E-state index contributed by atoms with van der Waals surface area (Å²) in [7, 11) is 0. The molecule has 0 atom stereocenters. The second-order valence-corrected chi connectivity index (χ2v) is 5.51. The lowest BCUT2D eigenvalue weighted by molar-refractivity contribution is 1.34. The van der Waals surface area contributed by atoms with Gasteiger partial charge in [-0.15, -0.1) is 0 Å². The van der Waals surface area contributed by atoms with Crippen LogP contribution in [0.2, 0.25) is 0 Å². The maximum atomic E-state index is 4.82. The van der Waals surface area contributed by atoms with Crippen molar-refractivity contribution < 1.29 is 0 Å². The first-order valence-corrected chi connectivity index (χ1v) is 7.35. The van der Waals surface area contributed by atoms with Crippen molar-refractivity contribution >= 4 is 32.8 Å². The van der Waals surface area contributed by atoms with Crippen LogP contribution < -0.4 is 0 Å². The van der Waals surface area contributed by atoms with E-state index in [1.165, 1.54) is 10.8 Å². The van der Waals surface area contributed by atoms with Crippen LogP contribution in [0, 0.1) is 0 Å². The van der Waals surface area contributed by atoms with E-state index in [0.29, 0.717) is 0 Å². The number of hydrogen-bond acceptors (Lipinski definition) is 1. The fraction of sp³-hybridized carbons (Fsp3) is 0. The van der Waals surface area contributed by atoms with Gasteiger partial charge < -0.3 is 9.97 Å². The Labute approximate surface area is 126 Å². The van der Waals surface area contributed by atoms with Crippen LogP contribution >= 0.6 is 0 Å². The number of imidazole rings is 1. The number of fused-ring (bicyclic) bond motifs is 5. The predicted molar refractivity (Wildman–Crippen MR) is 90.9 cm³/mol. The number of benzene rings is 3. The van der Waals surface area contributed by atoms with E-state index >= 15 is 0 Å². The summed E-state index contributed by atoms with van der Waals surface area (Å²) >= 11 is 0. The molecule has 0 spiro atoms. The van der Waals surface area contributed by atoms with E-state index in [1.807, 2.05) is 18.2 Å². The van der Waals surface area contributed by atoms with Crippen LogP contribution in [0.25, 0.3) is 44.2 Å². The molecule has 3 nitrogen and oxygen atoms in total. The SMILES string of the molecule is c1ccc(-c2nc3c(ccc4c5ccccc5[nH]c43)[nH]2)cc1. The number of para-hydroxylation sites is 1. The summed E-state index contributed by atoms with van der Waals surface area (Å²) in [5.74, 6) is 0.904. The minimum Gasteiger partial charge on any atom is -0.353 e. The third-order valence-corrected chi connectivity index (χ3v) is 4.18. The highest BCUT2D eigenvalue weighted by Gasteiger charge is 2.11. The molecule has 104 valence electrons. The van der Waals surface area contributed by atoms with Crippen LogP contribution in [0.15, 0.2) is 66.7 Å². The standard InChI is InChI=1S/C19H13N3/c1-2-6-12(7-3-1)19-21-16-11-10-14-13-8-4-5-9-15(13)20-17(14)18(16)22-19/h1-11,20H,(H,21,22). The molecule has 2 N–H and O–H groups in total. The summed E-state index contributed by atoms with van der Waals surface area (Å²) < 4.78 is 0. The van der Waals surface area contributed by atoms with Crippen molar-refractivity contribution in [2.24, 2.45) is 0 Å². The van der Waals surface area contributed by atoms with Crippen LogP contribution in [0.3, 0.4) is 0 Å². The van der Waals surface area contributed by atoms with Crippen LogP contribution in [0.5, 0.6) is 0 Å². The van der Waals surface area contributed by atoms with E-state index in [0.717, 1.165) is 33.5 Å². The van der Waals surface area contributed by atoms with Gasteiger partial charge in [-0.3, -0.25) is 0 Å². The Morgan fingerprint density at radius 2 is 1.45 bits per heavy atom. The van der Waals surface area contributed by atoms with Crippen LogP contribution in [0.4, 0.5) is 0 Å². The van der Waals surface area contributed by atoms with Crippen molar-refractivity contribution in [3.8, 4) is 11.4 Å². The second-order valence-electron chi connectivity index (χ2n) is 5.51. The van der Waals surface area contributed by atoms with E-state index < -0.39 is 0 Å². The summed E-state index contributed by atoms with van der Waals surface area (Å²) in [6, 6.07) is 22.8. The van der Waals surface area contributed by atoms with Crippen LogP contribution in [0.1, 0.15) is 0 Å². The highest BCUT2D eigenvalue weighted by Crippen LogP contribution is 2.31. The van der Waals surface area contributed by atoms with Gasteiger partial charge in [-0.2, -0.15) is 0 Å². The summed E-state index contributed by atoms with van der Waals surface area (Å²) in [5.41, 5.74) is 5.39. The molecule has 2 heterocycles. The molecule has 0 saturated carbocycles. The van der Waals surface area contributed by atoms with Gasteiger partial charge in [-0.1, -0.05) is 48.5 Å². The second kappa shape index (κ2) is 4.21. The average Bonchev–Trinajstić information content (AvgIpc) is 3.16. The van der Waals surface area contributed by atoms with Crippen molar-refractivity contribution in [3.05, 3.63) is 66.7 Å². The van der Waals surface area contributed by atoms with E-state index in [9.17, 15) is 0 Å². The zero-order valence-electron chi connectivity index (χ0n) is 11.8. The largest absolute Gasteiger partial charge is 0.353 e. The Kier molecular flexibility index (Phi) is 2.22. The summed E-state index contributed by atoms with van der Waals surface area (Å²) in [6.45, 7) is 0. The van der Waals surface area contributed by atoms with Gasteiger partial charge in [0.2, 0.25) is 0 Å². The average molecular weight is 283 g/mol. The lowest BCUT2D eigenvalue weighted by atomic mass is 10.1. The Morgan fingerprint density at radius 3 is 2.36 bits per heavy atom. The highest BCUT2D eigenvalue weighted by atomic mass is 14.9. The summed E-state index contributed by atoms with van der Waals surface area (Å²) in [5, 5.41) is 2.46. The Bertz CT molecular complexity index is 1120. The zero-order chi connectivity index (χ0) is 14.5. The molecule has 3 aromatic carbocycles. The lowest BCUT2D eigenvalue weighted by Gasteiger charge is -1.93. The van der Waals surface area contributed by atoms with Crippen molar-refractivity contribution in [3.63, 3.8) is 0 Å². The number of aromatic nitrogens is 3. The number of aromatic amines is 2. The molecule has 0 bridgehead atoms. The van der Waals surface area contributed by atoms with Gasteiger partial charge in [-0.25, -0.2) is 4.98 Å².